The standard InChI is InChI=1S/C40H51N7O4.2H2/c1-26-21-32(9-10-33(26)34-11-12-36(48)43-37(34)49)46-17-13-40(14-18-46)15-19-47(20-16-40)39(51)29-7-5-28(6-8-29)30-22-31(25-44(3)24-30)42-35-23-41-45(4)38(50)27(35)2;;/h5-10,21,23,30-31,34,42H,11-20,22,24-25H2,1-4H3,(H,43,48,49);2*1H/t30-,31+,34?;;/m1../s1. The molecule has 4 aliphatic heterocycles. The van der Waals surface area contributed by atoms with E-state index in [1.165, 1.54) is 15.9 Å². The maximum Gasteiger partial charge on any atom is 0.271 e. The zero-order valence-electron chi connectivity index (χ0n) is 30.4. The van der Waals surface area contributed by atoms with Gasteiger partial charge in [-0.05, 0) is 112 Å². The van der Waals surface area contributed by atoms with Gasteiger partial charge in [0.2, 0.25) is 11.8 Å². The Labute approximate surface area is 303 Å². The zero-order valence-corrected chi connectivity index (χ0v) is 30.4. The minimum Gasteiger partial charge on any atom is -0.379 e. The van der Waals surface area contributed by atoms with Gasteiger partial charge in [0.05, 0.1) is 17.8 Å². The van der Waals surface area contributed by atoms with Crippen molar-refractivity contribution in [1.29, 1.82) is 0 Å². The molecule has 1 unspecified atom stereocenters. The number of carbonyl (C=O) groups excluding carboxylic acids is 3. The monoisotopic (exact) mass is 697 g/mol. The number of benzene rings is 2. The molecule has 3 atom stereocenters. The maximum atomic E-state index is 13.6. The Balaban J connectivity index is 0.00000271. The number of nitrogens with zero attached hydrogens (tertiary/aromatic N) is 5. The molecule has 3 amide bonds. The van der Waals surface area contributed by atoms with Crippen molar-refractivity contribution in [2.75, 3.05) is 56.5 Å². The second kappa shape index (κ2) is 14.3. The summed E-state index contributed by atoms with van der Waals surface area (Å²) in [4.78, 5) is 56.9. The molecule has 7 rings (SSSR count). The molecule has 274 valence electrons. The first-order chi connectivity index (χ1) is 24.5. The normalized spacial score (nSPS) is 24.0. The number of amides is 3. The molecule has 2 N–H and O–H groups in total. The van der Waals surface area contributed by atoms with Gasteiger partial charge < -0.3 is 20.0 Å². The molecule has 3 aromatic rings. The maximum absolute atomic E-state index is 13.6. The second-order valence-corrected chi connectivity index (χ2v) is 15.6. The van der Waals surface area contributed by atoms with E-state index in [2.05, 4.69) is 69.8 Å². The van der Waals surface area contributed by atoms with Crippen molar-refractivity contribution >= 4 is 29.1 Å². The SMILES string of the molecule is Cc1cc(N2CCC3(CCN(C(=O)c4ccc([C@@H]5C[C@H](Nc6cnn(C)c(=O)c6C)CN(C)C5)cc4)CC3)CC2)ccc1C1CCC(=O)NC1=O.[HH].[HH]. The van der Waals surface area contributed by atoms with Crippen LogP contribution in [0.1, 0.15) is 92.2 Å². The molecular formula is C40H55N7O4. The number of likely N-dealkylation sites (N-methyl/N-ethyl adjacent to an activating group) is 1. The predicted molar refractivity (Wildman–Crippen MR) is 202 cm³/mol. The first kappa shape index (κ1) is 34.9. The molecule has 51 heavy (non-hydrogen) atoms. The van der Waals surface area contributed by atoms with Crippen molar-refractivity contribution in [2.45, 2.75) is 76.7 Å². The Morgan fingerprint density at radius 3 is 2.33 bits per heavy atom. The van der Waals surface area contributed by atoms with Crippen LogP contribution in [-0.4, -0.2) is 89.7 Å². The van der Waals surface area contributed by atoms with Crippen LogP contribution in [0.2, 0.25) is 0 Å². The third-order valence-electron chi connectivity index (χ3n) is 12.2. The summed E-state index contributed by atoms with van der Waals surface area (Å²) in [6.45, 7) is 9.28. The van der Waals surface area contributed by atoms with Crippen LogP contribution in [0.25, 0.3) is 0 Å². The van der Waals surface area contributed by atoms with Crippen molar-refractivity contribution < 1.29 is 17.2 Å². The molecule has 5 heterocycles. The zero-order chi connectivity index (χ0) is 35.9. The lowest BCUT2D eigenvalue weighted by atomic mass is 9.71. The van der Waals surface area contributed by atoms with E-state index in [1.807, 2.05) is 24.0 Å². The molecule has 11 nitrogen and oxygen atoms in total. The van der Waals surface area contributed by atoms with Crippen LogP contribution in [0.5, 0.6) is 0 Å². The molecular weight excluding hydrogens is 642 g/mol. The summed E-state index contributed by atoms with van der Waals surface area (Å²) < 4.78 is 1.36. The van der Waals surface area contributed by atoms with Crippen LogP contribution in [0, 0.1) is 19.3 Å². The molecule has 0 aliphatic carbocycles. The van der Waals surface area contributed by atoms with Gasteiger partial charge >= 0.3 is 0 Å². The summed E-state index contributed by atoms with van der Waals surface area (Å²) >= 11 is 0. The van der Waals surface area contributed by atoms with Crippen molar-refractivity contribution in [1.82, 2.24) is 24.9 Å². The third-order valence-corrected chi connectivity index (χ3v) is 12.2. The average Bonchev–Trinajstić information content (AvgIpc) is 3.12. The van der Waals surface area contributed by atoms with Gasteiger partial charge in [0, 0.05) is 78.4 Å². The first-order valence-corrected chi connectivity index (χ1v) is 18.5. The van der Waals surface area contributed by atoms with Crippen LogP contribution in [0.4, 0.5) is 11.4 Å². The van der Waals surface area contributed by atoms with E-state index in [0.29, 0.717) is 24.3 Å². The number of aryl methyl sites for hydroxylation is 2. The largest absolute Gasteiger partial charge is 0.379 e. The molecule has 0 radical (unpaired) electrons. The van der Waals surface area contributed by atoms with Crippen LogP contribution in [-0.2, 0) is 16.6 Å². The van der Waals surface area contributed by atoms with Gasteiger partial charge in [0.1, 0.15) is 0 Å². The van der Waals surface area contributed by atoms with Gasteiger partial charge in [-0.3, -0.25) is 24.5 Å². The van der Waals surface area contributed by atoms with Gasteiger partial charge in [0.15, 0.2) is 0 Å². The van der Waals surface area contributed by atoms with Gasteiger partial charge in [-0.1, -0.05) is 18.2 Å². The van der Waals surface area contributed by atoms with Crippen LogP contribution < -0.4 is 21.1 Å². The Bertz CT molecular complexity index is 1870. The van der Waals surface area contributed by atoms with Gasteiger partial charge in [-0.2, -0.15) is 5.10 Å². The van der Waals surface area contributed by atoms with E-state index in [4.69, 9.17) is 0 Å². The number of hydrogen-bond acceptors (Lipinski definition) is 8. The Morgan fingerprint density at radius 1 is 0.941 bits per heavy atom. The summed E-state index contributed by atoms with van der Waals surface area (Å²) in [5.41, 5.74) is 6.95. The first-order valence-electron chi connectivity index (χ1n) is 18.5. The van der Waals surface area contributed by atoms with E-state index >= 15 is 0 Å². The average molecular weight is 698 g/mol. The van der Waals surface area contributed by atoms with E-state index in [9.17, 15) is 19.2 Å². The number of anilines is 2. The van der Waals surface area contributed by atoms with Gasteiger partial charge in [-0.15, -0.1) is 0 Å². The fourth-order valence-electron chi connectivity index (χ4n) is 8.92. The topological polar surface area (TPSA) is 120 Å². The molecule has 1 aromatic heterocycles. The van der Waals surface area contributed by atoms with E-state index < -0.39 is 0 Å². The number of imide groups is 1. The minimum absolute atomic E-state index is 0. The predicted octanol–water partition coefficient (Wildman–Crippen LogP) is 4.83. The van der Waals surface area contributed by atoms with E-state index in [0.717, 1.165) is 93.8 Å². The Morgan fingerprint density at radius 2 is 1.65 bits per heavy atom. The van der Waals surface area contributed by atoms with E-state index in [-0.39, 0.29) is 43.5 Å². The lowest BCUT2D eigenvalue weighted by Gasteiger charge is -2.47. The fraction of sp³-hybridized carbons (Fsp3) is 0.525. The molecule has 2 aromatic carbocycles. The number of rotatable bonds is 6. The van der Waals surface area contributed by atoms with Crippen LogP contribution >= 0.6 is 0 Å². The number of nitrogens with one attached hydrogen (secondary N) is 2. The number of hydrogen-bond donors (Lipinski definition) is 2. The smallest absolute Gasteiger partial charge is 0.271 e. The molecule has 4 saturated heterocycles. The molecule has 4 fully saturated rings. The Kier molecular flexibility index (Phi) is 9.76. The number of carbonyl (C=O) groups is 3. The highest BCUT2D eigenvalue weighted by Crippen LogP contribution is 2.43. The number of aromatic nitrogens is 2. The lowest BCUT2D eigenvalue weighted by Crippen LogP contribution is -2.48. The quantitative estimate of drug-likeness (QED) is 0.352. The number of likely N-dealkylation sites (tertiary alicyclic amines) is 2. The summed E-state index contributed by atoms with van der Waals surface area (Å²) in [5.74, 6) is -0.194. The summed E-state index contributed by atoms with van der Waals surface area (Å²) in [6.07, 6.45) is 7.91. The highest BCUT2D eigenvalue weighted by molar-refractivity contribution is 6.01. The molecule has 0 saturated carbocycles. The summed E-state index contributed by atoms with van der Waals surface area (Å²) in [5, 5.41) is 10.3. The molecule has 1 spiro atoms. The third kappa shape index (κ3) is 7.31. The summed E-state index contributed by atoms with van der Waals surface area (Å²) in [6, 6.07) is 14.8. The highest BCUT2D eigenvalue weighted by atomic mass is 16.2. The van der Waals surface area contributed by atoms with Crippen molar-refractivity contribution in [3.05, 3.63) is 86.8 Å². The highest BCUT2D eigenvalue weighted by Gasteiger charge is 2.39. The molecule has 11 heteroatoms. The van der Waals surface area contributed by atoms with Crippen LogP contribution in [0.3, 0.4) is 0 Å². The fourth-order valence-corrected chi connectivity index (χ4v) is 8.92. The van der Waals surface area contributed by atoms with Crippen molar-refractivity contribution in [2.24, 2.45) is 12.5 Å². The van der Waals surface area contributed by atoms with Crippen LogP contribution in [0.15, 0.2) is 53.5 Å². The van der Waals surface area contributed by atoms with Crippen molar-refractivity contribution in [3.8, 4) is 0 Å². The molecule has 0 bridgehead atoms. The summed E-state index contributed by atoms with van der Waals surface area (Å²) in [7, 11) is 3.80. The lowest BCUT2D eigenvalue weighted by molar-refractivity contribution is -0.134. The minimum atomic E-state index is -0.260. The van der Waals surface area contributed by atoms with Gasteiger partial charge in [-0.25, -0.2) is 4.68 Å². The second-order valence-electron chi connectivity index (χ2n) is 15.6. The number of piperidine rings is 4. The van der Waals surface area contributed by atoms with E-state index in [1.54, 1.807) is 13.2 Å². The van der Waals surface area contributed by atoms with Gasteiger partial charge in [0.25, 0.3) is 11.5 Å². The molecule has 4 aliphatic rings. The van der Waals surface area contributed by atoms with Crippen molar-refractivity contribution in [3.63, 3.8) is 0 Å². The Hall–Kier alpha value is -4.51.